The number of para-hydroxylation sites is 2. The van der Waals surface area contributed by atoms with Crippen LogP contribution in [0.15, 0.2) is 57.9 Å². The number of aromatic nitrogens is 2. The van der Waals surface area contributed by atoms with E-state index in [0.717, 1.165) is 15.5 Å². The highest BCUT2D eigenvalue weighted by atomic mass is 79.9. The summed E-state index contributed by atoms with van der Waals surface area (Å²) in [5.74, 6) is 0.668. The number of hydrogen-bond acceptors (Lipinski definition) is 3. The van der Waals surface area contributed by atoms with Crippen molar-refractivity contribution >= 4 is 37.0 Å². The van der Waals surface area contributed by atoms with E-state index in [-0.39, 0.29) is 11.4 Å². The third kappa shape index (κ3) is 2.92. The summed E-state index contributed by atoms with van der Waals surface area (Å²) in [5.41, 5.74) is 1.82. The molecule has 22 heavy (non-hydrogen) atoms. The van der Waals surface area contributed by atoms with Crippen LogP contribution in [0.4, 0.5) is 0 Å². The molecule has 0 bridgehead atoms. The fourth-order valence-corrected chi connectivity index (χ4v) is 3.45. The lowest BCUT2D eigenvalue weighted by Gasteiger charge is -2.07. The topological polar surface area (TPSA) is 64.0 Å². The molecular weight excluding hydrogens is 366 g/mol. The Hall–Kier alpha value is -1.70. The molecule has 0 aliphatic rings. The SMILES string of the molecule is Cn1c(CNS(=O)(=O)c2ccc(Br)cc2)nc2ccccc21. The van der Waals surface area contributed by atoms with Gasteiger partial charge in [-0.25, -0.2) is 18.1 Å². The Morgan fingerprint density at radius 2 is 1.82 bits per heavy atom. The number of aryl methyl sites for hydroxylation is 1. The van der Waals surface area contributed by atoms with Gasteiger partial charge in [0, 0.05) is 11.5 Å². The second kappa shape index (κ2) is 5.83. The fourth-order valence-electron chi connectivity index (χ4n) is 2.21. The van der Waals surface area contributed by atoms with Crippen LogP contribution < -0.4 is 4.72 Å². The molecule has 5 nitrogen and oxygen atoms in total. The van der Waals surface area contributed by atoms with Gasteiger partial charge in [0.25, 0.3) is 0 Å². The number of hydrogen-bond donors (Lipinski definition) is 1. The van der Waals surface area contributed by atoms with Crippen molar-refractivity contribution in [1.29, 1.82) is 0 Å². The zero-order valence-electron chi connectivity index (χ0n) is 11.8. The van der Waals surface area contributed by atoms with E-state index in [1.165, 1.54) is 0 Å². The Labute approximate surface area is 137 Å². The Morgan fingerprint density at radius 3 is 2.50 bits per heavy atom. The molecule has 0 saturated heterocycles. The van der Waals surface area contributed by atoms with Gasteiger partial charge < -0.3 is 4.57 Å². The summed E-state index contributed by atoms with van der Waals surface area (Å²) in [4.78, 5) is 4.68. The minimum absolute atomic E-state index is 0.142. The summed E-state index contributed by atoms with van der Waals surface area (Å²) in [7, 11) is -1.68. The van der Waals surface area contributed by atoms with Crippen molar-refractivity contribution < 1.29 is 8.42 Å². The molecule has 3 rings (SSSR count). The van der Waals surface area contributed by atoms with Gasteiger partial charge >= 0.3 is 0 Å². The maximum Gasteiger partial charge on any atom is 0.240 e. The van der Waals surface area contributed by atoms with E-state index in [1.54, 1.807) is 24.3 Å². The standard InChI is InChI=1S/C15H14BrN3O2S/c1-19-14-5-3-2-4-13(14)18-15(19)10-17-22(20,21)12-8-6-11(16)7-9-12/h2-9,17H,10H2,1H3. The molecule has 0 amide bonds. The third-order valence-electron chi connectivity index (χ3n) is 3.42. The highest BCUT2D eigenvalue weighted by molar-refractivity contribution is 9.10. The quantitative estimate of drug-likeness (QED) is 0.757. The van der Waals surface area contributed by atoms with E-state index >= 15 is 0 Å². The molecule has 114 valence electrons. The number of fused-ring (bicyclic) bond motifs is 1. The van der Waals surface area contributed by atoms with Crippen molar-refractivity contribution in [2.75, 3.05) is 0 Å². The number of benzene rings is 2. The molecule has 0 atom stereocenters. The minimum atomic E-state index is -3.55. The molecule has 0 unspecified atom stereocenters. The molecule has 0 spiro atoms. The summed E-state index contributed by atoms with van der Waals surface area (Å²) in [5, 5.41) is 0. The lowest BCUT2D eigenvalue weighted by Crippen LogP contribution is -2.24. The predicted octanol–water partition coefficient (Wildman–Crippen LogP) is 2.81. The van der Waals surface area contributed by atoms with Gasteiger partial charge in [-0.3, -0.25) is 0 Å². The first-order valence-corrected chi connectivity index (χ1v) is 8.90. The van der Waals surface area contributed by atoms with Crippen molar-refractivity contribution in [3.05, 3.63) is 58.8 Å². The molecule has 1 N–H and O–H groups in total. The van der Waals surface area contributed by atoms with Gasteiger partial charge in [-0.05, 0) is 36.4 Å². The van der Waals surface area contributed by atoms with E-state index in [1.807, 2.05) is 35.9 Å². The van der Waals surface area contributed by atoms with Gasteiger partial charge in [-0.15, -0.1) is 0 Å². The van der Waals surface area contributed by atoms with Gasteiger partial charge in [0.2, 0.25) is 10.0 Å². The van der Waals surface area contributed by atoms with Crippen molar-refractivity contribution in [3.63, 3.8) is 0 Å². The first-order chi connectivity index (χ1) is 10.5. The predicted molar refractivity (Wildman–Crippen MR) is 88.9 cm³/mol. The highest BCUT2D eigenvalue weighted by Gasteiger charge is 2.15. The van der Waals surface area contributed by atoms with Crippen LogP contribution in [-0.4, -0.2) is 18.0 Å². The number of nitrogens with one attached hydrogen (secondary N) is 1. The maximum absolute atomic E-state index is 12.3. The van der Waals surface area contributed by atoms with Crippen LogP contribution in [0.1, 0.15) is 5.82 Å². The minimum Gasteiger partial charge on any atom is -0.330 e. The van der Waals surface area contributed by atoms with Gasteiger partial charge in [-0.1, -0.05) is 28.1 Å². The maximum atomic E-state index is 12.3. The van der Waals surface area contributed by atoms with Crippen LogP contribution in [0.3, 0.4) is 0 Å². The zero-order valence-corrected chi connectivity index (χ0v) is 14.2. The lowest BCUT2D eigenvalue weighted by atomic mass is 10.3. The zero-order chi connectivity index (χ0) is 15.7. The first kappa shape index (κ1) is 15.2. The molecule has 1 heterocycles. The van der Waals surface area contributed by atoms with E-state index in [0.29, 0.717) is 5.82 Å². The van der Waals surface area contributed by atoms with Gasteiger partial charge in [0.1, 0.15) is 5.82 Å². The average molecular weight is 380 g/mol. The lowest BCUT2D eigenvalue weighted by molar-refractivity contribution is 0.578. The van der Waals surface area contributed by atoms with Crippen molar-refractivity contribution in [1.82, 2.24) is 14.3 Å². The molecule has 0 radical (unpaired) electrons. The molecule has 0 fully saturated rings. The molecule has 7 heteroatoms. The Kier molecular flexibility index (Phi) is 4.03. The second-order valence-electron chi connectivity index (χ2n) is 4.85. The number of halogens is 1. The highest BCUT2D eigenvalue weighted by Crippen LogP contribution is 2.16. The molecule has 1 aromatic heterocycles. The van der Waals surface area contributed by atoms with Gasteiger partial charge in [0.15, 0.2) is 0 Å². The number of nitrogens with zero attached hydrogens (tertiary/aromatic N) is 2. The molecule has 0 aliphatic carbocycles. The fraction of sp³-hybridized carbons (Fsp3) is 0.133. The van der Waals surface area contributed by atoms with E-state index in [2.05, 4.69) is 25.6 Å². The van der Waals surface area contributed by atoms with Crippen LogP contribution in [0.2, 0.25) is 0 Å². The summed E-state index contributed by atoms with van der Waals surface area (Å²) in [6.45, 7) is 0.142. The summed E-state index contributed by atoms with van der Waals surface area (Å²) in [6, 6.07) is 14.2. The van der Waals surface area contributed by atoms with Crippen LogP contribution >= 0.6 is 15.9 Å². The second-order valence-corrected chi connectivity index (χ2v) is 7.54. The van der Waals surface area contributed by atoms with E-state index in [4.69, 9.17) is 0 Å². The number of rotatable bonds is 4. The van der Waals surface area contributed by atoms with Crippen LogP contribution in [0.25, 0.3) is 11.0 Å². The van der Waals surface area contributed by atoms with Crippen LogP contribution in [0.5, 0.6) is 0 Å². The first-order valence-electron chi connectivity index (χ1n) is 6.63. The van der Waals surface area contributed by atoms with Gasteiger partial charge in [-0.2, -0.15) is 0 Å². The molecule has 0 saturated carbocycles. The van der Waals surface area contributed by atoms with Gasteiger partial charge in [0.05, 0.1) is 22.5 Å². The third-order valence-corrected chi connectivity index (χ3v) is 5.37. The molecular formula is C15H14BrN3O2S. The number of sulfonamides is 1. The van der Waals surface area contributed by atoms with Crippen LogP contribution in [-0.2, 0) is 23.6 Å². The number of imidazole rings is 1. The summed E-state index contributed by atoms with van der Waals surface area (Å²) >= 11 is 3.29. The molecule has 2 aromatic carbocycles. The smallest absolute Gasteiger partial charge is 0.240 e. The largest absolute Gasteiger partial charge is 0.330 e. The molecule has 0 aliphatic heterocycles. The van der Waals surface area contributed by atoms with Crippen molar-refractivity contribution in [2.24, 2.45) is 7.05 Å². The summed E-state index contributed by atoms with van der Waals surface area (Å²) < 4.78 is 29.9. The normalized spacial score (nSPS) is 11.9. The van der Waals surface area contributed by atoms with E-state index in [9.17, 15) is 8.42 Å². The van der Waals surface area contributed by atoms with Crippen LogP contribution in [0, 0.1) is 0 Å². The van der Waals surface area contributed by atoms with Crippen molar-refractivity contribution in [3.8, 4) is 0 Å². The van der Waals surface area contributed by atoms with Crippen molar-refractivity contribution in [2.45, 2.75) is 11.4 Å². The molecule has 3 aromatic rings. The Balaban J connectivity index is 1.84. The summed E-state index contributed by atoms with van der Waals surface area (Å²) in [6.07, 6.45) is 0. The average Bonchev–Trinajstić information content (AvgIpc) is 2.83. The Morgan fingerprint density at radius 1 is 1.14 bits per heavy atom. The van der Waals surface area contributed by atoms with E-state index < -0.39 is 10.0 Å². The Bertz CT molecular complexity index is 918. The monoisotopic (exact) mass is 379 g/mol.